The number of pyridine rings is 1. The molecule has 5 aliphatic rings. The Kier molecular flexibility index (Phi) is 6.17. The lowest BCUT2D eigenvalue weighted by molar-refractivity contribution is 0.107. The summed E-state index contributed by atoms with van der Waals surface area (Å²) in [6, 6.07) is 5.60. The van der Waals surface area contributed by atoms with E-state index in [-0.39, 0.29) is 34.8 Å². The number of benzene rings is 1. The van der Waals surface area contributed by atoms with E-state index in [0.717, 1.165) is 69.2 Å². The lowest BCUT2D eigenvalue weighted by Gasteiger charge is -2.31. The highest BCUT2D eigenvalue weighted by Gasteiger charge is 2.49. The molecule has 2 bridgehead atoms. The van der Waals surface area contributed by atoms with E-state index in [1.165, 1.54) is 12.1 Å². The highest BCUT2D eigenvalue weighted by molar-refractivity contribution is 6.32. The van der Waals surface area contributed by atoms with Crippen LogP contribution in [0.1, 0.15) is 80.9 Å². The Hall–Kier alpha value is -2.62. The normalized spacial score (nSPS) is 31.2. The predicted octanol–water partition coefficient (Wildman–Crippen LogP) is 6.02. The second-order valence-electron chi connectivity index (χ2n) is 12.9. The predicted molar refractivity (Wildman–Crippen MR) is 152 cm³/mol. The number of nitrogens with one attached hydrogen (secondary N) is 1. The molecule has 1 aromatic carbocycles. The zero-order valence-electron chi connectivity index (χ0n) is 22.9. The zero-order valence-corrected chi connectivity index (χ0v) is 23.6. The van der Waals surface area contributed by atoms with E-state index in [1.807, 2.05) is 0 Å². The first-order valence-electron chi connectivity index (χ1n) is 15.0. The Labute approximate surface area is 242 Å². The number of alkyl halides is 1. The fourth-order valence-corrected chi connectivity index (χ4v) is 8.48. The van der Waals surface area contributed by atoms with Crippen LogP contribution in [0.15, 0.2) is 18.2 Å². The molecule has 2 aromatic heterocycles. The van der Waals surface area contributed by atoms with Crippen LogP contribution in [0.5, 0.6) is 11.8 Å². The number of hydrogen-bond acceptors (Lipinski definition) is 7. The second-order valence-corrected chi connectivity index (χ2v) is 13.3. The summed E-state index contributed by atoms with van der Waals surface area (Å²) in [5.41, 5.74) is 2.25. The van der Waals surface area contributed by atoms with Gasteiger partial charge in [-0.05, 0) is 87.6 Å². The van der Waals surface area contributed by atoms with Crippen molar-refractivity contribution in [2.75, 3.05) is 19.7 Å². The standard InChI is InChI=1S/C31H34ClF2N5O2/c32-24-11-21(40)10-22(26(24)16-2-3-16)28-25(34)12-23-27(17-8-19-4-5-20(9-17)35-19)37-30(38-29(23)36-28)41-15-31-6-1-7-39(31)14-18(33)13-31/h10-12,16-20,35,40H,1-9,13-15H2. The maximum Gasteiger partial charge on any atom is 0.318 e. The quantitative estimate of drug-likeness (QED) is 0.368. The zero-order chi connectivity index (χ0) is 27.9. The van der Waals surface area contributed by atoms with Gasteiger partial charge in [0.25, 0.3) is 0 Å². The van der Waals surface area contributed by atoms with E-state index in [9.17, 15) is 9.50 Å². The van der Waals surface area contributed by atoms with Gasteiger partial charge < -0.3 is 15.2 Å². The van der Waals surface area contributed by atoms with Gasteiger partial charge in [0.1, 0.15) is 30.0 Å². The number of halogens is 3. The van der Waals surface area contributed by atoms with Gasteiger partial charge in [0.15, 0.2) is 5.65 Å². The van der Waals surface area contributed by atoms with Crippen LogP contribution in [0.2, 0.25) is 5.02 Å². The van der Waals surface area contributed by atoms with Crippen molar-refractivity contribution in [1.82, 2.24) is 25.2 Å². The van der Waals surface area contributed by atoms with E-state index in [0.29, 0.717) is 53.3 Å². The number of rotatable bonds is 6. The third-order valence-corrected chi connectivity index (χ3v) is 10.4. The first-order chi connectivity index (χ1) is 19.8. The Balaban J connectivity index is 1.23. The summed E-state index contributed by atoms with van der Waals surface area (Å²) in [4.78, 5) is 16.6. The lowest BCUT2D eigenvalue weighted by Crippen LogP contribution is -2.43. The van der Waals surface area contributed by atoms with Crippen molar-refractivity contribution in [2.24, 2.45) is 0 Å². The van der Waals surface area contributed by atoms with E-state index in [1.54, 1.807) is 6.07 Å². The first-order valence-corrected chi connectivity index (χ1v) is 15.4. The molecule has 6 heterocycles. The van der Waals surface area contributed by atoms with Crippen molar-refractivity contribution in [3.8, 4) is 23.0 Å². The van der Waals surface area contributed by atoms with Crippen LogP contribution in [0.4, 0.5) is 8.78 Å². The van der Waals surface area contributed by atoms with Crippen molar-refractivity contribution in [3.05, 3.63) is 40.3 Å². The molecule has 0 radical (unpaired) electrons. The van der Waals surface area contributed by atoms with Crippen molar-refractivity contribution in [1.29, 1.82) is 0 Å². The molecule has 0 amide bonds. The van der Waals surface area contributed by atoms with Gasteiger partial charge in [-0.3, -0.25) is 4.90 Å². The molecule has 3 aromatic rings. The summed E-state index contributed by atoms with van der Waals surface area (Å²) in [7, 11) is 0. The van der Waals surface area contributed by atoms with E-state index < -0.39 is 12.0 Å². The SMILES string of the molecule is Oc1cc(Cl)c(C2CC2)c(-c2nc3nc(OCC45CCCN4CC(F)C5)nc(C4CC5CCC(C4)N5)c3cc2F)c1. The van der Waals surface area contributed by atoms with Crippen molar-refractivity contribution in [3.63, 3.8) is 0 Å². The molecule has 216 valence electrons. The van der Waals surface area contributed by atoms with Gasteiger partial charge in [-0.25, -0.2) is 13.8 Å². The molecule has 0 spiro atoms. The van der Waals surface area contributed by atoms with Crippen LogP contribution in [0, 0.1) is 5.82 Å². The minimum Gasteiger partial charge on any atom is -0.508 e. The first kappa shape index (κ1) is 26.0. The molecule has 4 unspecified atom stereocenters. The Bertz CT molecular complexity index is 1520. The minimum atomic E-state index is -0.848. The number of phenolic OH excluding ortho intramolecular Hbond substituents is 1. The monoisotopic (exact) mass is 581 g/mol. The fraction of sp³-hybridized carbons (Fsp3) is 0.581. The summed E-state index contributed by atoms with van der Waals surface area (Å²) in [6.45, 7) is 1.65. The van der Waals surface area contributed by atoms with Crippen molar-refractivity contribution in [2.45, 2.75) is 93.4 Å². The molecular weight excluding hydrogens is 548 g/mol. The highest BCUT2D eigenvalue weighted by Crippen LogP contribution is 2.49. The molecule has 5 fully saturated rings. The molecular formula is C31H34ClF2N5O2. The van der Waals surface area contributed by atoms with Crippen molar-refractivity contribution < 1.29 is 18.6 Å². The maximum atomic E-state index is 16.0. The second kappa shape index (κ2) is 9.71. The molecule has 1 aliphatic carbocycles. The fourth-order valence-electron chi connectivity index (χ4n) is 8.11. The number of piperidine rings is 1. The Morgan fingerprint density at radius 3 is 2.66 bits per heavy atom. The lowest BCUT2D eigenvalue weighted by atomic mass is 9.88. The average Bonchev–Trinajstić information content (AvgIpc) is 3.51. The van der Waals surface area contributed by atoms with Crippen LogP contribution in [-0.4, -0.2) is 68.4 Å². The van der Waals surface area contributed by atoms with Gasteiger partial charge in [-0.2, -0.15) is 9.97 Å². The van der Waals surface area contributed by atoms with Gasteiger partial charge in [0.05, 0.1) is 11.2 Å². The highest BCUT2D eigenvalue weighted by atomic mass is 35.5. The van der Waals surface area contributed by atoms with Gasteiger partial charge >= 0.3 is 6.01 Å². The number of phenols is 1. The van der Waals surface area contributed by atoms with Gasteiger partial charge in [0.2, 0.25) is 0 Å². The third kappa shape index (κ3) is 4.55. The van der Waals surface area contributed by atoms with Crippen LogP contribution >= 0.6 is 11.6 Å². The summed E-state index contributed by atoms with van der Waals surface area (Å²) in [6.07, 6.45) is 7.56. The number of fused-ring (bicyclic) bond motifs is 4. The smallest absolute Gasteiger partial charge is 0.318 e. The molecule has 1 saturated carbocycles. The number of hydrogen-bond donors (Lipinski definition) is 2. The molecule has 4 atom stereocenters. The van der Waals surface area contributed by atoms with Gasteiger partial charge in [-0.1, -0.05) is 11.6 Å². The molecule has 2 N–H and O–H groups in total. The van der Waals surface area contributed by atoms with E-state index in [2.05, 4.69) is 10.2 Å². The van der Waals surface area contributed by atoms with Crippen LogP contribution in [-0.2, 0) is 0 Å². The number of nitrogens with zero attached hydrogens (tertiary/aromatic N) is 4. The average molecular weight is 582 g/mol. The summed E-state index contributed by atoms with van der Waals surface area (Å²) >= 11 is 6.54. The number of ether oxygens (including phenoxy) is 1. The Morgan fingerprint density at radius 2 is 1.88 bits per heavy atom. The van der Waals surface area contributed by atoms with Crippen molar-refractivity contribution >= 4 is 22.6 Å². The third-order valence-electron chi connectivity index (χ3n) is 10.1. The van der Waals surface area contributed by atoms with Gasteiger partial charge in [0, 0.05) is 46.9 Å². The molecule has 41 heavy (non-hydrogen) atoms. The summed E-state index contributed by atoms with van der Waals surface area (Å²) < 4.78 is 36.6. The molecule has 7 nitrogen and oxygen atoms in total. The number of aromatic nitrogens is 3. The minimum absolute atomic E-state index is 0.0311. The Morgan fingerprint density at radius 1 is 1.07 bits per heavy atom. The molecule has 4 aliphatic heterocycles. The molecule has 10 heteroatoms. The van der Waals surface area contributed by atoms with E-state index in [4.69, 9.17) is 31.3 Å². The summed E-state index contributed by atoms with van der Waals surface area (Å²) in [5.74, 6) is -0.165. The largest absolute Gasteiger partial charge is 0.508 e. The van der Waals surface area contributed by atoms with Gasteiger partial charge in [-0.15, -0.1) is 0 Å². The van der Waals surface area contributed by atoms with Crippen LogP contribution < -0.4 is 10.1 Å². The molecule has 8 rings (SSSR count). The van der Waals surface area contributed by atoms with E-state index >= 15 is 4.39 Å². The molecule has 4 saturated heterocycles. The van der Waals surface area contributed by atoms with Crippen LogP contribution in [0.25, 0.3) is 22.3 Å². The summed E-state index contributed by atoms with van der Waals surface area (Å²) in [5, 5.41) is 15.0. The maximum absolute atomic E-state index is 16.0. The number of aromatic hydroxyl groups is 1. The van der Waals surface area contributed by atoms with Crippen LogP contribution in [0.3, 0.4) is 0 Å². The topological polar surface area (TPSA) is 83.4 Å².